The van der Waals surface area contributed by atoms with E-state index in [0.29, 0.717) is 5.56 Å². The molecule has 0 atom stereocenters. The minimum Gasteiger partial charge on any atom is -0.465 e. The number of methoxy groups -OCH3 is 1. The lowest BCUT2D eigenvalue weighted by atomic mass is 10.1. The van der Waals surface area contributed by atoms with Gasteiger partial charge in [-0.05, 0) is 26.8 Å². The molecule has 0 N–H and O–H groups in total. The Balaban J connectivity index is 2.94. The van der Waals surface area contributed by atoms with E-state index in [-0.39, 0.29) is 11.1 Å². The molecule has 5 nitrogen and oxygen atoms in total. The number of pyridine rings is 1. The molecule has 102 valence electrons. The molecule has 1 heterocycles. The van der Waals surface area contributed by atoms with E-state index in [1.807, 2.05) is 0 Å². The van der Waals surface area contributed by atoms with Crippen molar-refractivity contribution in [2.75, 3.05) is 7.11 Å². The predicted molar refractivity (Wildman–Crippen MR) is 70.5 cm³/mol. The molecule has 0 aliphatic rings. The third kappa shape index (κ3) is 4.21. The molecule has 0 fully saturated rings. The number of nitrogens with zero attached hydrogens (tertiary/aromatic N) is 1. The summed E-state index contributed by atoms with van der Waals surface area (Å²) >= 11 is 0. The van der Waals surface area contributed by atoms with Crippen LogP contribution in [0.4, 0.5) is 0 Å². The van der Waals surface area contributed by atoms with Crippen LogP contribution >= 0.6 is 0 Å². The highest BCUT2D eigenvalue weighted by Gasteiger charge is 2.20. The van der Waals surface area contributed by atoms with Gasteiger partial charge in [0.05, 0.1) is 18.2 Å². The molecule has 0 unspecified atom stereocenters. The Kier molecular flexibility index (Phi) is 4.43. The number of hydrogen-bond donors (Lipinski definition) is 0. The summed E-state index contributed by atoms with van der Waals surface area (Å²) in [6.07, 6.45) is 2.80. The second-order valence-electron chi connectivity index (χ2n) is 4.93. The average molecular weight is 263 g/mol. The van der Waals surface area contributed by atoms with Crippen LogP contribution < -0.4 is 0 Å². The normalized spacial score (nSPS) is 10.7. The van der Waals surface area contributed by atoms with Crippen molar-refractivity contribution in [2.24, 2.45) is 0 Å². The van der Waals surface area contributed by atoms with Crippen LogP contribution in [-0.2, 0) is 14.3 Å². The first-order valence-electron chi connectivity index (χ1n) is 5.70. The first-order chi connectivity index (χ1) is 8.74. The Morgan fingerprint density at radius 3 is 2.32 bits per heavy atom. The fraction of sp³-hybridized carbons (Fsp3) is 0.357. The molecule has 0 aliphatic heterocycles. The maximum absolute atomic E-state index is 11.8. The molecule has 1 aromatic heterocycles. The maximum atomic E-state index is 11.8. The number of carbonyl (C=O) groups is 2. The third-order valence-electron chi connectivity index (χ3n) is 2.15. The zero-order chi connectivity index (χ0) is 14.6. The fourth-order valence-electron chi connectivity index (χ4n) is 1.29. The van der Waals surface area contributed by atoms with Crippen molar-refractivity contribution < 1.29 is 19.1 Å². The average Bonchev–Trinajstić information content (AvgIpc) is 2.35. The van der Waals surface area contributed by atoms with Crippen LogP contribution in [0.25, 0.3) is 5.57 Å². The zero-order valence-corrected chi connectivity index (χ0v) is 11.5. The molecule has 19 heavy (non-hydrogen) atoms. The van der Waals surface area contributed by atoms with Gasteiger partial charge in [-0.15, -0.1) is 0 Å². The van der Waals surface area contributed by atoms with Gasteiger partial charge in [0.25, 0.3) is 0 Å². The molecule has 0 saturated carbocycles. The van der Waals surface area contributed by atoms with Crippen molar-refractivity contribution in [3.8, 4) is 0 Å². The topological polar surface area (TPSA) is 65.5 Å². The van der Waals surface area contributed by atoms with Crippen LogP contribution in [-0.4, -0.2) is 29.6 Å². The lowest BCUT2D eigenvalue weighted by Crippen LogP contribution is -2.24. The van der Waals surface area contributed by atoms with Crippen molar-refractivity contribution in [1.82, 2.24) is 4.98 Å². The second-order valence-corrected chi connectivity index (χ2v) is 4.93. The molecule has 5 heteroatoms. The first-order valence-corrected chi connectivity index (χ1v) is 5.70. The number of aromatic nitrogens is 1. The quantitative estimate of drug-likeness (QED) is 0.618. The summed E-state index contributed by atoms with van der Waals surface area (Å²) in [5, 5.41) is 0. The lowest BCUT2D eigenvalue weighted by molar-refractivity contribution is -0.147. The SMILES string of the molecule is C=C(C(=O)OC(C)(C)C)c1cncc(C(=O)OC)c1. The molecule has 0 amide bonds. The van der Waals surface area contributed by atoms with Gasteiger partial charge >= 0.3 is 11.9 Å². The van der Waals surface area contributed by atoms with Gasteiger partial charge in [0.2, 0.25) is 0 Å². The number of rotatable bonds is 3. The number of hydrogen-bond acceptors (Lipinski definition) is 5. The molecular formula is C14H17NO4. The van der Waals surface area contributed by atoms with E-state index in [4.69, 9.17) is 4.74 Å². The monoisotopic (exact) mass is 263 g/mol. The van der Waals surface area contributed by atoms with Crippen LogP contribution in [0.15, 0.2) is 25.0 Å². The van der Waals surface area contributed by atoms with E-state index in [0.717, 1.165) is 0 Å². The van der Waals surface area contributed by atoms with Crippen LogP contribution in [0, 0.1) is 0 Å². The largest absolute Gasteiger partial charge is 0.465 e. The van der Waals surface area contributed by atoms with Gasteiger partial charge in [0.1, 0.15) is 5.60 Å². The van der Waals surface area contributed by atoms with Gasteiger partial charge in [0.15, 0.2) is 0 Å². The number of esters is 2. The maximum Gasteiger partial charge on any atom is 0.339 e. The summed E-state index contributed by atoms with van der Waals surface area (Å²) < 4.78 is 9.79. The molecule has 0 saturated heterocycles. The predicted octanol–water partition coefficient (Wildman–Crippen LogP) is 2.22. The van der Waals surface area contributed by atoms with Crippen LogP contribution in [0.1, 0.15) is 36.7 Å². The van der Waals surface area contributed by atoms with Crippen molar-refractivity contribution in [1.29, 1.82) is 0 Å². The third-order valence-corrected chi connectivity index (χ3v) is 2.15. The highest BCUT2D eigenvalue weighted by Crippen LogP contribution is 2.18. The molecule has 1 rings (SSSR count). The first kappa shape index (κ1) is 14.9. The van der Waals surface area contributed by atoms with E-state index in [9.17, 15) is 9.59 Å². The minimum absolute atomic E-state index is 0.146. The van der Waals surface area contributed by atoms with Crippen LogP contribution in [0.3, 0.4) is 0 Å². The Labute approximate surface area is 112 Å². The summed E-state index contributed by atoms with van der Waals surface area (Å²) in [6, 6.07) is 1.49. The van der Waals surface area contributed by atoms with Crippen molar-refractivity contribution in [3.63, 3.8) is 0 Å². The zero-order valence-electron chi connectivity index (χ0n) is 11.5. The van der Waals surface area contributed by atoms with Gasteiger partial charge in [-0.2, -0.15) is 0 Å². The highest BCUT2D eigenvalue weighted by molar-refractivity contribution is 6.15. The van der Waals surface area contributed by atoms with E-state index >= 15 is 0 Å². The summed E-state index contributed by atoms with van der Waals surface area (Å²) in [7, 11) is 1.28. The minimum atomic E-state index is -0.604. The van der Waals surface area contributed by atoms with Crippen LogP contribution in [0.5, 0.6) is 0 Å². The fourth-order valence-corrected chi connectivity index (χ4v) is 1.29. The molecule has 0 spiro atoms. The number of ether oxygens (including phenoxy) is 2. The van der Waals surface area contributed by atoms with Crippen molar-refractivity contribution in [2.45, 2.75) is 26.4 Å². The van der Waals surface area contributed by atoms with Crippen molar-refractivity contribution in [3.05, 3.63) is 36.2 Å². The Morgan fingerprint density at radius 1 is 1.21 bits per heavy atom. The molecule has 1 aromatic rings. The van der Waals surface area contributed by atoms with Gasteiger partial charge in [-0.1, -0.05) is 6.58 Å². The Morgan fingerprint density at radius 2 is 1.79 bits per heavy atom. The van der Waals surface area contributed by atoms with Crippen LogP contribution in [0.2, 0.25) is 0 Å². The second kappa shape index (κ2) is 5.65. The van der Waals surface area contributed by atoms with Gasteiger partial charge in [0, 0.05) is 18.0 Å². The van der Waals surface area contributed by atoms with E-state index in [1.165, 1.54) is 25.6 Å². The Hall–Kier alpha value is -2.17. The standard InChI is InChI=1S/C14H17NO4/c1-9(12(16)19-14(2,3)4)10-6-11(8-15-7-10)13(17)18-5/h6-8H,1H2,2-5H3. The number of carbonyl (C=O) groups excluding carboxylic acids is 2. The molecule has 0 bridgehead atoms. The van der Waals surface area contributed by atoms with E-state index in [2.05, 4.69) is 16.3 Å². The summed E-state index contributed by atoms with van der Waals surface area (Å²) in [5.74, 6) is -1.07. The van der Waals surface area contributed by atoms with Crippen molar-refractivity contribution >= 4 is 17.5 Å². The molecular weight excluding hydrogens is 246 g/mol. The molecule has 0 radical (unpaired) electrons. The van der Waals surface area contributed by atoms with Gasteiger partial charge in [-0.25, -0.2) is 9.59 Å². The van der Waals surface area contributed by atoms with E-state index < -0.39 is 17.5 Å². The van der Waals surface area contributed by atoms with Gasteiger partial charge in [-0.3, -0.25) is 4.98 Å². The summed E-state index contributed by atoms with van der Waals surface area (Å²) in [5.41, 5.74) is 0.225. The van der Waals surface area contributed by atoms with Gasteiger partial charge < -0.3 is 9.47 Å². The summed E-state index contributed by atoms with van der Waals surface area (Å²) in [4.78, 5) is 27.1. The summed E-state index contributed by atoms with van der Waals surface area (Å²) in [6.45, 7) is 8.96. The van der Waals surface area contributed by atoms with E-state index in [1.54, 1.807) is 20.8 Å². The molecule has 0 aliphatic carbocycles. The Bertz CT molecular complexity index is 514. The molecule has 0 aromatic carbocycles. The highest BCUT2D eigenvalue weighted by atomic mass is 16.6. The lowest BCUT2D eigenvalue weighted by Gasteiger charge is -2.20. The smallest absolute Gasteiger partial charge is 0.339 e.